The van der Waals surface area contributed by atoms with Crippen LogP contribution < -0.4 is 5.32 Å². The second kappa shape index (κ2) is 4.25. The van der Waals surface area contributed by atoms with Crippen LogP contribution in [0.15, 0.2) is 11.5 Å². The minimum atomic E-state index is -3.47. The first-order valence-corrected chi connectivity index (χ1v) is 6.31. The Labute approximate surface area is 77.2 Å². The quantitative estimate of drug-likeness (QED) is 0.696. The van der Waals surface area contributed by atoms with E-state index in [0.717, 1.165) is 31.2 Å². The molecule has 1 rings (SSSR count). The van der Waals surface area contributed by atoms with Crippen LogP contribution in [0.1, 0.15) is 19.3 Å². The third-order valence-electron chi connectivity index (χ3n) is 1.82. The van der Waals surface area contributed by atoms with Gasteiger partial charge in [0.2, 0.25) is 0 Å². The van der Waals surface area contributed by atoms with Crippen LogP contribution in [0.4, 0.5) is 0 Å². The van der Waals surface area contributed by atoms with Crippen molar-refractivity contribution in [3.63, 3.8) is 0 Å². The van der Waals surface area contributed by atoms with E-state index in [-0.39, 0.29) is 6.04 Å². The minimum absolute atomic E-state index is 0.173. The zero-order valence-corrected chi connectivity index (χ0v) is 8.24. The third-order valence-corrected chi connectivity index (χ3v) is 2.61. The zero-order valence-electron chi connectivity index (χ0n) is 6.66. The molecule has 70 valence electrons. The van der Waals surface area contributed by atoms with Crippen LogP contribution in [0.2, 0.25) is 0 Å². The fourth-order valence-corrected chi connectivity index (χ4v) is 1.79. The zero-order chi connectivity index (χ0) is 9.03. The molecule has 0 bridgehead atoms. The van der Waals surface area contributed by atoms with E-state index in [1.165, 1.54) is 0 Å². The molecule has 5 heteroatoms. The largest absolute Gasteiger partial charge is 0.310 e. The van der Waals surface area contributed by atoms with Crippen LogP contribution in [0.25, 0.3) is 0 Å². The summed E-state index contributed by atoms with van der Waals surface area (Å²) < 4.78 is 21.0. The van der Waals surface area contributed by atoms with Gasteiger partial charge >= 0.3 is 0 Å². The highest BCUT2D eigenvalue weighted by molar-refractivity contribution is 8.16. The first-order chi connectivity index (χ1) is 5.58. The van der Waals surface area contributed by atoms with Gasteiger partial charge < -0.3 is 5.32 Å². The maximum atomic E-state index is 10.5. The lowest BCUT2D eigenvalue weighted by Crippen LogP contribution is -2.32. The van der Waals surface area contributed by atoms with Gasteiger partial charge in [0.15, 0.2) is 0 Å². The van der Waals surface area contributed by atoms with E-state index in [2.05, 4.69) is 5.32 Å². The van der Waals surface area contributed by atoms with Crippen LogP contribution >= 0.6 is 10.7 Å². The molecule has 1 aliphatic heterocycles. The fourth-order valence-electron chi connectivity index (χ4n) is 1.23. The molecule has 0 aliphatic carbocycles. The van der Waals surface area contributed by atoms with Crippen molar-refractivity contribution in [2.75, 3.05) is 6.54 Å². The molecule has 1 heterocycles. The molecule has 12 heavy (non-hydrogen) atoms. The first-order valence-electron chi connectivity index (χ1n) is 3.94. The molecule has 1 aliphatic rings. The molecule has 0 aromatic carbocycles. The predicted octanol–water partition coefficient (Wildman–Crippen LogP) is 1.21. The summed E-state index contributed by atoms with van der Waals surface area (Å²) in [5, 5.41) is 4.23. The summed E-state index contributed by atoms with van der Waals surface area (Å²) in [6.07, 6.45) is 4.91. The number of piperidine rings is 1. The van der Waals surface area contributed by atoms with E-state index in [9.17, 15) is 8.42 Å². The van der Waals surface area contributed by atoms with Gasteiger partial charge in [-0.2, -0.15) is 0 Å². The highest BCUT2D eigenvalue weighted by atomic mass is 35.7. The normalized spacial score (nSPS) is 26.2. The van der Waals surface area contributed by atoms with Crippen LogP contribution in [-0.4, -0.2) is 21.0 Å². The summed E-state index contributed by atoms with van der Waals surface area (Å²) in [5.74, 6) is 0. The lowest BCUT2D eigenvalue weighted by Gasteiger charge is -2.19. The Morgan fingerprint density at radius 2 is 2.17 bits per heavy atom. The average molecular weight is 210 g/mol. The van der Waals surface area contributed by atoms with E-state index < -0.39 is 9.05 Å². The molecule has 1 fully saturated rings. The number of rotatable bonds is 2. The molecule has 0 saturated carbocycles. The second-order valence-electron chi connectivity index (χ2n) is 2.86. The van der Waals surface area contributed by atoms with Crippen molar-refractivity contribution in [3.05, 3.63) is 11.5 Å². The van der Waals surface area contributed by atoms with Crippen molar-refractivity contribution < 1.29 is 8.42 Å². The van der Waals surface area contributed by atoms with Gasteiger partial charge in [-0.3, -0.25) is 0 Å². The summed E-state index contributed by atoms with van der Waals surface area (Å²) in [4.78, 5) is 0. The van der Waals surface area contributed by atoms with E-state index in [4.69, 9.17) is 10.7 Å². The lowest BCUT2D eigenvalue weighted by atomic mass is 10.1. The molecule has 0 aromatic heterocycles. The summed E-state index contributed by atoms with van der Waals surface area (Å²) in [5.41, 5.74) is 0. The Kier molecular flexibility index (Phi) is 3.55. The Bertz CT molecular complexity index is 255. The molecule has 1 saturated heterocycles. The molecule has 1 unspecified atom stereocenters. The summed E-state index contributed by atoms with van der Waals surface area (Å²) in [7, 11) is 1.54. The highest BCUT2D eigenvalue weighted by Gasteiger charge is 2.09. The average Bonchev–Trinajstić information content (AvgIpc) is 2.02. The van der Waals surface area contributed by atoms with Gasteiger partial charge in [-0.05, 0) is 19.4 Å². The summed E-state index contributed by atoms with van der Waals surface area (Å²) in [6.45, 7) is 0.956. The number of hydrogen-bond donors (Lipinski definition) is 1. The molecule has 1 atom stereocenters. The predicted molar refractivity (Wildman–Crippen MR) is 49.6 cm³/mol. The SMILES string of the molecule is O=S(=O)(Cl)/C=C\C1CCCCN1. The van der Waals surface area contributed by atoms with E-state index in [0.29, 0.717) is 0 Å². The number of nitrogens with one attached hydrogen (secondary N) is 1. The second-order valence-corrected chi connectivity index (χ2v) is 5.37. The molecular weight excluding hydrogens is 198 g/mol. The standard InChI is InChI=1S/C7H12ClNO2S/c8-12(10,11)6-4-7-3-1-2-5-9-7/h4,6-7,9H,1-3,5H2/b6-4-. The van der Waals surface area contributed by atoms with Crippen molar-refractivity contribution in [3.8, 4) is 0 Å². The van der Waals surface area contributed by atoms with E-state index >= 15 is 0 Å². The van der Waals surface area contributed by atoms with Crippen LogP contribution in [0.5, 0.6) is 0 Å². The van der Waals surface area contributed by atoms with Crippen LogP contribution in [0, 0.1) is 0 Å². The summed E-state index contributed by atoms with van der Waals surface area (Å²) in [6, 6.07) is 0.173. The van der Waals surface area contributed by atoms with Crippen molar-refractivity contribution in [1.82, 2.24) is 5.32 Å². The number of hydrogen-bond acceptors (Lipinski definition) is 3. The van der Waals surface area contributed by atoms with Crippen molar-refractivity contribution in [2.24, 2.45) is 0 Å². The van der Waals surface area contributed by atoms with Crippen molar-refractivity contribution >= 4 is 19.7 Å². The molecule has 0 radical (unpaired) electrons. The lowest BCUT2D eigenvalue weighted by molar-refractivity contribution is 0.454. The smallest absolute Gasteiger partial charge is 0.254 e. The monoisotopic (exact) mass is 209 g/mol. The van der Waals surface area contributed by atoms with E-state index in [1.807, 2.05) is 0 Å². The molecule has 0 amide bonds. The van der Waals surface area contributed by atoms with Gasteiger partial charge in [0.25, 0.3) is 9.05 Å². The highest BCUT2D eigenvalue weighted by Crippen LogP contribution is 2.09. The Morgan fingerprint density at radius 1 is 1.42 bits per heavy atom. The van der Waals surface area contributed by atoms with Gasteiger partial charge in [-0.25, -0.2) is 8.42 Å². The van der Waals surface area contributed by atoms with Gasteiger partial charge in [-0.1, -0.05) is 12.5 Å². The molecular formula is C7H12ClNO2S. The maximum Gasteiger partial charge on any atom is 0.254 e. The first kappa shape index (κ1) is 10.0. The van der Waals surface area contributed by atoms with E-state index in [1.54, 1.807) is 6.08 Å². The molecule has 0 aromatic rings. The van der Waals surface area contributed by atoms with Gasteiger partial charge in [0, 0.05) is 22.1 Å². The van der Waals surface area contributed by atoms with Gasteiger partial charge in [-0.15, -0.1) is 0 Å². The van der Waals surface area contributed by atoms with Gasteiger partial charge in [0.1, 0.15) is 0 Å². The topological polar surface area (TPSA) is 46.2 Å². The fraction of sp³-hybridized carbons (Fsp3) is 0.714. The molecule has 0 spiro atoms. The van der Waals surface area contributed by atoms with Gasteiger partial charge in [0.05, 0.1) is 0 Å². The maximum absolute atomic E-state index is 10.5. The molecule has 1 N–H and O–H groups in total. The Hall–Kier alpha value is -0.0600. The summed E-state index contributed by atoms with van der Waals surface area (Å²) >= 11 is 0. The Balaban J connectivity index is 2.44. The number of halogens is 1. The van der Waals surface area contributed by atoms with Crippen molar-refractivity contribution in [2.45, 2.75) is 25.3 Å². The third kappa shape index (κ3) is 4.09. The van der Waals surface area contributed by atoms with Crippen LogP contribution in [0.3, 0.4) is 0 Å². The molecule has 3 nitrogen and oxygen atoms in total. The Morgan fingerprint density at radius 3 is 2.67 bits per heavy atom. The van der Waals surface area contributed by atoms with Crippen molar-refractivity contribution in [1.29, 1.82) is 0 Å². The van der Waals surface area contributed by atoms with Crippen LogP contribution in [-0.2, 0) is 9.05 Å². The minimum Gasteiger partial charge on any atom is -0.310 e.